The standard InChI is InChI=1S/C39H31N7O10.2ClH/c47-37-28-23-27(35(45(53)54)33(37)36(28)46(55)56)32-31(43(49)50)15-14-26(34(32)44(51)52)29(41-38(48)30-13-7-8-19-40-30)16-20-42-21-17-39(18-22-42,24-9-3-1-4-10-24)25-11-5-2-6-12-25;;/h1-15,19,23,29H,16-18,20-22H2,(H,41,48);2*1H. The van der Waals surface area contributed by atoms with Crippen LogP contribution in [-0.4, -0.2) is 60.9 Å². The van der Waals surface area contributed by atoms with E-state index in [1.54, 1.807) is 12.1 Å². The number of fused-ring (bicyclic) bond motifs is 2. The van der Waals surface area contributed by atoms with E-state index in [2.05, 4.69) is 39.5 Å². The Kier molecular flexibility index (Phi) is 12.6. The number of amides is 1. The van der Waals surface area contributed by atoms with Gasteiger partial charge in [0.15, 0.2) is 5.56 Å². The first-order valence-corrected chi connectivity index (χ1v) is 17.5. The Labute approximate surface area is 341 Å². The third-order valence-electron chi connectivity index (χ3n) is 10.6. The Hall–Kier alpha value is -6.69. The van der Waals surface area contributed by atoms with Gasteiger partial charge in [-0.15, -0.1) is 24.8 Å². The van der Waals surface area contributed by atoms with Gasteiger partial charge in [-0.05, 0) is 67.7 Å². The van der Waals surface area contributed by atoms with Gasteiger partial charge in [0.1, 0.15) is 16.8 Å². The number of piperidine rings is 1. The number of hydrogen-bond acceptors (Lipinski definition) is 12. The van der Waals surface area contributed by atoms with Crippen LogP contribution >= 0.6 is 24.8 Å². The molecule has 1 fully saturated rings. The molecular weight excluding hydrogens is 797 g/mol. The summed E-state index contributed by atoms with van der Waals surface area (Å²) in [6, 6.07) is 26.5. The lowest BCUT2D eigenvalue weighted by Crippen LogP contribution is -2.44. The number of nitro groups is 4. The fraction of sp³-hybridized carbons (Fsp3) is 0.205. The second-order valence-corrected chi connectivity index (χ2v) is 13.5. The Morgan fingerprint density at radius 3 is 1.78 bits per heavy atom. The smallest absolute Gasteiger partial charge is 0.298 e. The zero-order valence-electron chi connectivity index (χ0n) is 30.2. The molecule has 1 unspecified atom stereocenters. The first kappa shape index (κ1) is 42.5. The number of halogens is 2. The van der Waals surface area contributed by atoms with Crippen LogP contribution in [0.3, 0.4) is 0 Å². The Balaban J connectivity index is 0.00000320. The van der Waals surface area contributed by atoms with Crippen LogP contribution in [-0.2, 0) is 5.41 Å². The van der Waals surface area contributed by atoms with Gasteiger partial charge < -0.3 is 10.2 Å². The molecule has 8 rings (SSSR count). The SMILES string of the molecule is Cl.Cl.O=C(NC(CCN1CCC(c2ccccc2)(c2ccccc2)CC1)c1ccc([N+](=O)[O-])c(-c2cc3c([N+](=O)[O-])c(c2[N+](=O)[O-])C3=O)c1[N+](=O)[O-])c1ccccn1. The Morgan fingerprint density at radius 1 is 0.707 bits per heavy atom. The largest absolute Gasteiger partial charge is 0.344 e. The van der Waals surface area contributed by atoms with Gasteiger partial charge in [0.05, 0.1) is 36.9 Å². The van der Waals surface area contributed by atoms with Crippen molar-refractivity contribution in [3.05, 3.63) is 177 Å². The summed E-state index contributed by atoms with van der Waals surface area (Å²) < 4.78 is 0. The monoisotopic (exact) mass is 829 g/mol. The molecule has 17 nitrogen and oxygen atoms in total. The van der Waals surface area contributed by atoms with Crippen molar-refractivity contribution in [1.29, 1.82) is 0 Å². The van der Waals surface area contributed by atoms with Crippen molar-refractivity contribution in [2.24, 2.45) is 0 Å². The molecule has 1 aromatic heterocycles. The number of likely N-dealkylation sites (tertiary alicyclic amines) is 1. The van der Waals surface area contributed by atoms with E-state index in [1.165, 1.54) is 23.4 Å². The highest BCUT2D eigenvalue weighted by atomic mass is 35.5. The molecule has 2 bridgehead atoms. The molecule has 2 heterocycles. The van der Waals surface area contributed by atoms with E-state index in [0.29, 0.717) is 25.7 Å². The average Bonchev–Trinajstić information content (AvgIpc) is 3.21. The number of benzene rings is 4. The van der Waals surface area contributed by atoms with Gasteiger partial charge in [-0.1, -0.05) is 66.7 Å². The number of nitro benzene ring substituents is 4. The minimum Gasteiger partial charge on any atom is -0.344 e. The summed E-state index contributed by atoms with van der Waals surface area (Å²) in [4.78, 5) is 77.9. The molecule has 298 valence electrons. The van der Waals surface area contributed by atoms with Gasteiger partial charge in [0.2, 0.25) is 5.78 Å². The molecule has 58 heavy (non-hydrogen) atoms. The molecule has 0 saturated carbocycles. The summed E-state index contributed by atoms with van der Waals surface area (Å²) in [5.74, 6) is -1.73. The van der Waals surface area contributed by atoms with E-state index in [4.69, 9.17) is 0 Å². The van der Waals surface area contributed by atoms with Crippen molar-refractivity contribution >= 4 is 59.3 Å². The predicted molar refractivity (Wildman–Crippen MR) is 215 cm³/mol. The van der Waals surface area contributed by atoms with Crippen molar-refractivity contribution in [3.8, 4) is 11.1 Å². The van der Waals surface area contributed by atoms with E-state index >= 15 is 0 Å². The zero-order valence-corrected chi connectivity index (χ0v) is 31.9. The lowest BCUT2D eigenvalue weighted by atomic mass is 9.68. The van der Waals surface area contributed by atoms with Crippen LogP contribution in [0.2, 0.25) is 0 Å². The van der Waals surface area contributed by atoms with Gasteiger partial charge in [0, 0.05) is 24.2 Å². The number of ketones is 1. The van der Waals surface area contributed by atoms with Gasteiger partial charge in [-0.2, -0.15) is 0 Å². The topological polar surface area (TPSA) is 235 Å². The summed E-state index contributed by atoms with van der Waals surface area (Å²) >= 11 is 0. The number of carbonyl (C=O) groups is 2. The summed E-state index contributed by atoms with van der Waals surface area (Å²) in [6.07, 6.45) is 2.93. The summed E-state index contributed by atoms with van der Waals surface area (Å²) in [5.41, 5.74) is -5.02. The molecular formula is C39H33Cl2N7O10. The van der Waals surface area contributed by atoms with Crippen molar-refractivity contribution in [2.75, 3.05) is 19.6 Å². The third-order valence-corrected chi connectivity index (χ3v) is 10.6. The second kappa shape index (κ2) is 17.2. The molecule has 0 radical (unpaired) electrons. The van der Waals surface area contributed by atoms with Crippen LogP contribution in [0.25, 0.3) is 11.1 Å². The Morgan fingerprint density at radius 2 is 1.26 bits per heavy atom. The number of pyridine rings is 1. The Bertz CT molecular complexity index is 2390. The van der Waals surface area contributed by atoms with E-state index in [-0.39, 0.29) is 47.9 Å². The van der Waals surface area contributed by atoms with Crippen molar-refractivity contribution in [1.82, 2.24) is 15.2 Å². The molecule has 0 spiro atoms. The van der Waals surface area contributed by atoms with Gasteiger partial charge in [-0.25, -0.2) is 0 Å². The van der Waals surface area contributed by atoms with Crippen LogP contribution < -0.4 is 5.32 Å². The zero-order chi connectivity index (χ0) is 39.7. The minimum atomic E-state index is -1.18. The molecule has 1 saturated heterocycles. The first-order chi connectivity index (χ1) is 26.9. The number of hydrogen-bond donors (Lipinski definition) is 1. The molecule has 3 aliphatic rings. The number of rotatable bonds is 13. The normalized spacial score (nSPS) is 14.4. The van der Waals surface area contributed by atoms with Gasteiger partial charge >= 0.3 is 0 Å². The fourth-order valence-corrected chi connectivity index (χ4v) is 7.95. The van der Waals surface area contributed by atoms with E-state index < -0.39 is 82.4 Å². The molecule has 1 N–H and O–H groups in total. The lowest BCUT2D eigenvalue weighted by molar-refractivity contribution is -0.397. The first-order valence-electron chi connectivity index (χ1n) is 17.5. The molecule has 5 aromatic rings. The average molecular weight is 831 g/mol. The van der Waals surface area contributed by atoms with Crippen LogP contribution in [0.5, 0.6) is 0 Å². The number of aromatic nitrogens is 1. The van der Waals surface area contributed by atoms with E-state index in [9.17, 15) is 50.0 Å². The molecule has 2 aliphatic carbocycles. The van der Waals surface area contributed by atoms with Gasteiger partial charge in [-0.3, -0.25) is 55.0 Å². The van der Waals surface area contributed by atoms with Crippen molar-refractivity contribution < 1.29 is 29.3 Å². The maximum atomic E-state index is 13.6. The van der Waals surface area contributed by atoms with Crippen LogP contribution in [0.1, 0.15) is 68.4 Å². The van der Waals surface area contributed by atoms with Crippen LogP contribution in [0.4, 0.5) is 22.7 Å². The third kappa shape index (κ3) is 7.57. The fourth-order valence-electron chi connectivity index (χ4n) is 7.95. The van der Waals surface area contributed by atoms with Gasteiger partial charge in [0.25, 0.3) is 28.7 Å². The molecule has 19 heteroatoms. The molecule has 1 aliphatic heterocycles. The number of carbonyl (C=O) groups excluding carboxylic acids is 2. The number of nitrogens with one attached hydrogen (secondary N) is 1. The van der Waals surface area contributed by atoms with Crippen LogP contribution in [0.15, 0.2) is 103 Å². The maximum Gasteiger partial charge on any atom is 0.298 e. The lowest BCUT2D eigenvalue weighted by Gasteiger charge is -2.43. The van der Waals surface area contributed by atoms with Crippen molar-refractivity contribution in [2.45, 2.75) is 30.7 Å². The quantitative estimate of drug-likeness (QED) is 0.0870. The molecule has 1 atom stereocenters. The number of nitrogens with zero attached hydrogens (tertiary/aromatic N) is 6. The highest BCUT2D eigenvalue weighted by molar-refractivity contribution is 6.28. The molecule has 1 amide bonds. The van der Waals surface area contributed by atoms with E-state index in [1.807, 2.05) is 36.4 Å². The summed E-state index contributed by atoms with van der Waals surface area (Å²) in [5, 5.41) is 52.3. The summed E-state index contributed by atoms with van der Waals surface area (Å²) in [6.45, 7) is 1.55. The predicted octanol–water partition coefficient (Wildman–Crippen LogP) is 7.71. The minimum absolute atomic E-state index is 0. The van der Waals surface area contributed by atoms with Crippen LogP contribution in [0, 0.1) is 40.5 Å². The highest BCUT2D eigenvalue weighted by Crippen LogP contribution is 2.53. The van der Waals surface area contributed by atoms with E-state index in [0.717, 1.165) is 25.0 Å². The van der Waals surface area contributed by atoms with Crippen molar-refractivity contribution in [3.63, 3.8) is 0 Å². The second-order valence-electron chi connectivity index (χ2n) is 13.5. The molecule has 4 aromatic carbocycles. The summed E-state index contributed by atoms with van der Waals surface area (Å²) in [7, 11) is 0. The highest BCUT2D eigenvalue weighted by Gasteiger charge is 2.50. The maximum absolute atomic E-state index is 13.6.